The van der Waals surface area contributed by atoms with Crippen molar-refractivity contribution < 1.29 is 4.74 Å². The van der Waals surface area contributed by atoms with Crippen LogP contribution in [0.5, 0.6) is 0 Å². The lowest BCUT2D eigenvalue weighted by Gasteiger charge is -2.15. The number of rotatable bonds is 6. The van der Waals surface area contributed by atoms with Crippen LogP contribution in [0.25, 0.3) is 0 Å². The SMILES string of the molecule is CCNC(=NCCOC1CCCCCC1)NCC. The molecule has 18 heavy (non-hydrogen) atoms. The average Bonchev–Trinajstić information content (AvgIpc) is 2.63. The molecule has 0 radical (unpaired) electrons. The molecule has 0 aromatic carbocycles. The van der Waals surface area contributed by atoms with E-state index >= 15 is 0 Å². The van der Waals surface area contributed by atoms with Crippen molar-refractivity contribution in [1.82, 2.24) is 10.6 Å². The minimum Gasteiger partial charge on any atom is -0.376 e. The number of aliphatic imine (C=N–C) groups is 1. The normalized spacial score (nSPS) is 17.0. The van der Waals surface area contributed by atoms with Crippen LogP contribution in [0.1, 0.15) is 52.4 Å². The zero-order chi connectivity index (χ0) is 13.1. The van der Waals surface area contributed by atoms with Crippen molar-refractivity contribution in [3.63, 3.8) is 0 Å². The topological polar surface area (TPSA) is 45.7 Å². The van der Waals surface area contributed by atoms with Crippen molar-refractivity contribution in [2.24, 2.45) is 4.99 Å². The zero-order valence-corrected chi connectivity index (χ0v) is 12.0. The Hall–Kier alpha value is -0.770. The van der Waals surface area contributed by atoms with Crippen LogP contribution in [0.15, 0.2) is 4.99 Å². The predicted molar refractivity (Wildman–Crippen MR) is 77.1 cm³/mol. The molecular formula is C14H29N3O. The van der Waals surface area contributed by atoms with E-state index in [-0.39, 0.29) is 0 Å². The molecule has 1 rings (SSSR count). The Balaban J connectivity index is 2.16. The summed E-state index contributed by atoms with van der Waals surface area (Å²) >= 11 is 0. The second-order valence-electron chi connectivity index (χ2n) is 4.78. The van der Waals surface area contributed by atoms with E-state index in [2.05, 4.69) is 29.5 Å². The number of nitrogens with zero attached hydrogens (tertiary/aromatic N) is 1. The monoisotopic (exact) mass is 255 g/mol. The van der Waals surface area contributed by atoms with Gasteiger partial charge in [-0.05, 0) is 26.7 Å². The highest BCUT2D eigenvalue weighted by molar-refractivity contribution is 5.79. The highest BCUT2D eigenvalue weighted by atomic mass is 16.5. The van der Waals surface area contributed by atoms with Gasteiger partial charge in [-0.1, -0.05) is 25.7 Å². The fourth-order valence-corrected chi connectivity index (χ4v) is 2.29. The van der Waals surface area contributed by atoms with Crippen molar-refractivity contribution in [1.29, 1.82) is 0 Å². The second kappa shape index (κ2) is 10.2. The van der Waals surface area contributed by atoms with Crippen LogP contribution in [0.2, 0.25) is 0 Å². The molecular weight excluding hydrogens is 226 g/mol. The molecule has 0 amide bonds. The van der Waals surface area contributed by atoms with Crippen molar-refractivity contribution in [3.8, 4) is 0 Å². The molecule has 0 atom stereocenters. The van der Waals surface area contributed by atoms with E-state index < -0.39 is 0 Å². The largest absolute Gasteiger partial charge is 0.376 e. The summed E-state index contributed by atoms with van der Waals surface area (Å²) in [6.07, 6.45) is 8.35. The number of guanidine groups is 1. The molecule has 0 aromatic rings. The molecule has 106 valence electrons. The van der Waals surface area contributed by atoms with Crippen LogP contribution in [0.4, 0.5) is 0 Å². The summed E-state index contributed by atoms with van der Waals surface area (Å²) in [6.45, 7) is 7.44. The van der Waals surface area contributed by atoms with E-state index in [1.165, 1.54) is 38.5 Å². The summed E-state index contributed by atoms with van der Waals surface area (Å²) in [5.74, 6) is 0.893. The summed E-state index contributed by atoms with van der Waals surface area (Å²) in [4.78, 5) is 4.48. The van der Waals surface area contributed by atoms with Gasteiger partial charge >= 0.3 is 0 Å². The molecule has 1 aliphatic rings. The van der Waals surface area contributed by atoms with Crippen LogP contribution < -0.4 is 10.6 Å². The molecule has 0 bridgehead atoms. The van der Waals surface area contributed by atoms with Gasteiger partial charge < -0.3 is 15.4 Å². The zero-order valence-electron chi connectivity index (χ0n) is 12.0. The van der Waals surface area contributed by atoms with Crippen molar-refractivity contribution in [2.75, 3.05) is 26.2 Å². The van der Waals surface area contributed by atoms with Gasteiger partial charge in [0.15, 0.2) is 5.96 Å². The van der Waals surface area contributed by atoms with Gasteiger partial charge in [-0.25, -0.2) is 0 Å². The van der Waals surface area contributed by atoms with Crippen LogP contribution in [0.3, 0.4) is 0 Å². The molecule has 0 aromatic heterocycles. The molecule has 4 heteroatoms. The highest BCUT2D eigenvalue weighted by Gasteiger charge is 2.11. The van der Waals surface area contributed by atoms with Crippen LogP contribution in [0, 0.1) is 0 Å². The third-order valence-corrected chi connectivity index (χ3v) is 3.21. The fraction of sp³-hybridized carbons (Fsp3) is 0.929. The van der Waals surface area contributed by atoms with Gasteiger partial charge in [0.2, 0.25) is 0 Å². The van der Waals surface area contributed by atoms with E-state index in [9.17, 15) is 0 Å². The molecule has 0 heterocycles. The Kier molecular flexibility index (Phi) is 8.65. The van der Waals surface area contributed by atoms with Crippen molar-refractivity contribution >= 4 is 5.96 Å². The fourth-order valence-electron chi connectivity index (χ4n) is 2.29. The van der Waals surface area contributed by atoms with Crippen molar-refractivity contribution in [3.05, 3.63) is 0 Å². The van der Waals surface area contributed by atoms with Gasteiger partial charge in [0.05, 0.1) is 19.3 Å². The molecule has 4 nitrogen and oxygen atoms in total. The van der Waals surface area contributed by atoms with Gasteiger partial charge in [0, 0.05) is 13.1 Å². The lowest BCUT2D eigenvalue weighted by molar-refractivity contribution is 0.0487. The lowest BCUT2D eigenvalue weighted by atomic mass is 10.1. The quantitative estimate of drug-likeness (QED) is 0.331. The van der Waals surface area contributed by atoms with Gasteiger partial charge in [-0.3, -0.25) is 4.99 Å². The molecule has 2 N–H and O–H groups in total. The molecule has 1 fully saturated rings. The molecule has 0 aliphatic heterocycles. The maximum Gasteiger partial charge on any atom is 0.191 e. The summed E-state index contributed by atoms with van der Waals surface area (Å²) < 4.78 is 5.91. The highest BCUT2D eigenvalue weighted by Crippen LogP contribution is 2.19. The minimum atomic E-state index is 0.476. The Labute approximate surface area is 112 Å². The summed E-state index contributed by atoms with van der Waals surface area (Å²) in [7, 11) is 0. The molecule has 0 spiro atoms. The number of ether oxygens (including phenoxy) is 1. The number of hydrogen-bond acceptors (Lipinski definition) is 2. The Morgan fingerprint density at radius 1 is 1.06 bits per heavy atom. The van der Waals surface area contributed by atoms with Crippen molar-refractivity contribution in [2.45, 2.75) is 58.5 Å². The number of nitrogens with one attached hydrogen (secondary N) is 2. The predicted octanol–water partition coefficient (Wildman–Crippen LogP) is 2.30. The van der Waals surface area contributed by atoms with E-state index in [0.29, 0.717) is 6.10 Å². The van der Waals surface area contributed by atoms with Gasteiger partial charge in [-0.2, -0.15) is 0 Å². The van der Waals surface area contributed by atoms with Gasteiger partial charge in [0.1, 0.15) is 0 Å². The van der Waals surface area contributed by atoms with E-state index in [0.717, 1.165) is 32.2 Å². The molecule has 1 saturated carbocycles. The first-order valence-electron chi connectivity index (χ1n) is 7.50. The minimum absolute atomic E-state index is 0.476. The molecule has 0 saturated heterocycles. The second-order valence-corrected chi connectivity index (χ2v) is 4.78. The summed E-state index contributed by atoms with van der Waals surface area (Å²) in [5, 5.41) is 6.43. The van der Waals surface area contributed by atoms with Gasteiger partial charge in [-0.15, -0.1) is 0 Å². The maximum atomic E-state index is 5.91. The van der Waals surface area contributed by atoms with Crippen LogP contribution in [-0.2, 0) is 4.74 Å². The van der Waals surface area contributed by atoms with Crippen LogP contribution in [-0.4, -0.2) is 38.3 Å². The third-order valence-electron chi connectivity index (χ3n) is 3.21. The Morgan fingerprint density at radius 3 is 2.22 bits per heavy atom. The Bertz CT molecular complexity index is 215. The summed E-state index contributed by atoms with van der Waals surface area (Å²) in [5.41, 5.74) is 0. The van der Waals surface area contributed by atoms with E-state index in [1.54, 1.807) is 0 Å². The van der Waals surface area contributed by atoms with E-state index in [1.807, 2.05) is 0 Å². The number of hydrogen-bond donors (Lipinski definition) is 2. The summed E-state index contributed by atoms with van der Waals surface area (Å²) in [6, 6.07) is 0. The first kappa shape index (κ1) is 15.3. The van der Waals surface area contributed by atoms with Gasteiger partial charge in [0.25, 0.3) is 0 Å². The maximum absolute atomic E-state index is 5.91. The average molecular weight is 255 g/mol. The first-order valence-corrected chi connectivity index (χ1v) is 7.50. The molecule has 0 unspecified atom stereocenters. The standard InChI is InChI=1S/C14H29N3O/c1-3-15-14(16-4-2)17-11-12-18-13-9-7-5-6-8-10-13/h13H,3-12H2,1-2H3,(H2,15,16,17). The third kappa shape index (κ3) is 6.84. The van der Waals surface area contributed by atoms with Crippen LogP contribution >= 0.6 is 0 Å². The molecule has 1 aliphatic carbocycles. The lowest BCUT2D eigenvalue weighted by Crippen LogP contribution is -2.37. The smallest absolute Gasteiger partial charge is 0.191 e. The first-order chi connectivity index (χ1) is 8.86. The van der Waals surface area contributed by atoms with E-state index in [4.69, 9.17) is 4.74 Å². The Morgan fingerprint density at radius 2 is 1.67 bits per heavy atom.